The Labute approximate surface area is 137 Å². The van der Waals surface area contributed by atoms with Crippen molar-refractivity contribution in [3.63, 3.8) is 0 Å². The number of likely N-dealkylation sites (N-methyl/N-ethyl adjacent to an activating group) is 1. The Balaban J connectivity index is 1.67. The fourth-order valence-electron chi connectivity index (χ4n) is 2.40. The minimum absolute atomic E-state index is 0.218. The van der Waals surface area contributed by atoms with Gasteiger partial charge in [0.15, 0.2) is 0 Å². The highest BCUT2D eigenvalue weighted by molar-refractivity contribution is 6.43. The van der Waals surface area contributed by atoms with Crippen LogP contribution in [0.25, 0.3) is 0 Å². The third-order valence-corrected chi connectivity index (χ3v) is 3.82. The van der Waals surface area contributed by atoms with E-state index < -0.39 is 18.0 Å². The minimum atomic E-state index is -0.717. The molecule has 0 saturated carbocycles. The van der Waals surface area contributed by atoms with Crippen LogP contribution in [0.2, 0.25) is 0 Å². The van der Waals surface area contributed by atoms with Crippen LogP contribution in [-0.4, -0.2) is 41.4 Å². The maximum Gasteiger partial charge on any atom is 0.324 e. The first-order chi connectivity index (χ1) is 11.5. The standard InChI is InChI=1S/C15H15N5O4/c1-20-14(23)12(17-15(20)24)8-2-4-9(5-3-8)16-13(22)10-6-7-11(21)19-18-10/h2-5,12H,6-7H2,1H3,(H,16,22)(H,17,24)(H,19,21). The minimum Gasteiger partial charge on any atom is -0.322 e. The maximum absolute atomic E-state index is 12.0. The Hall–Kier alpha value is -3.23. The lowest BCUT2D eigenvalue weighted by Crippen LogP contribution is -2.32. The van der Waals surface area contributed by atoms with Gasteiger partial charge in [0.2, 0.25) is 5.91 Å². The molecule has 1 atom stereocenters. The average Bonchev–Trinajstić information content (AvgIpc) is 2.84. The molecule has 1 fully saturated rings. The van der Waals surface area contributed by atoms with Gasteiger partial charge < -0.3 is 10.6 Å². The summed E-state index contributed by atoms with van der Waals surface area (Å²) >= 11 is 0. The second-order valence-electron chi connectivity index (χ2n) is 5.45. The smallest absolute Gasteiger partial charge is 0.322 e. The van der Waals surface area contributed by atoms with Crippen molar-refractivity contribution in [3.05, 3.63) is 29.8 Å². The summed E-state index contributed by atoms with van der Waals surface area (Å²) in [6.07, 6.45) is 0.507. The number of carbonyl (C=O) groups excluding carboxylic acids is 4. The molecule has 5 amide bonds. The van der Waals surface area contributed by atoms with E-state index in [1.807, 2.05) is 0 Å². The number of imide groups is 1. The summed E-state index contributed by atoms with van der Waals surface area (Å²) < 4.78 is 0. The van der Waals surface area contributed by atoms with Gasteiger partial charge in [-0.1, -0.05) is 12.1 Å². The van der Waals surface area contributed by atoms with E-state index in [-0.39, 0.29) is 30.4 Å². The molecule has 0 bridgehead atoms. The molecule has 2 aliphatic rings. The highest BCUT2D eigenvalue weighted by atomic mass is 16.2. The first-order valence-electron chi connectivity index (χ1n) is 7.30. The predicted molar refractivity (Wildman–Crippen MR) is 83.9 cm³/mol. The Kier molecular flexibility index (Phi) is 3.98. The molecule has 1 unspecified atom stereocenters. The Morgan fingerprint density at radius 1 is 1.21 bits per heavy atom. The van der Waals surface area contributed by atoms with E-state index in [1.54, 1.807) is 24.3 Å². The first-order valence-corrected chi connectivity index (χ1v) is 7.30. The zero-order valence-corrected chi connectivity index (χ0v) is 12.8. The molecule has 24 heavy (non-hydrogen) atoms. The lowest BCUT2D eigenvalue weighted by Gasteiger charge is -2.13. The van der Waals surface area contributed by atoms with Crippen molar-refractivity contribution in [1.82, 2.24) is 15.6 Å². The molecule has 0 spiro atoms. The molecule has 0 aliphatic carbocycles. The zero-order valence-electron chi connectivity index (χ0n) is 12.8. The summed E-state index contributed by atoms with van der Waals surface area (Å²) in [4.78, 5) is 47.5. The van der Waals surface area contributed by atoms with Gasteiger partial charge in [-0.3, -0.25) is 19.3 Å². The first kappa shape index (κ1) is 15.7. The molecule has 3 rings (SSSR count). The maximum atomic E-state index is 12.0. The van der Waals surface area contributed by atoms with Gasteiger partial charge in [0.1, 0.15) is 11.8 Å². The van der Waals surface area contributed by atoms with Gasteiger partial charge in [0.05, 0.1) is 0 Å². The summed E-state index contributed by atoms with van der Waals surface area (Å²) in [7, 11) is 1.41. The number of nitrogens with zero attached hydrogens (tertiary/aromatic N) is 2. The van der Waals surface area contributed by atoms with Crippen LogP contribution >= 0.6 is 0 Å². The van der Waals surface area contributed by atoms with Crippen molar-refractivity contribution < 1.29 is 19.2 Å². The normalized spacial score (nSPS) is 20.4. The molecule has 0 aromatic heterocycles. The molecule has 124 valence electrons. The van der Waals surface area contributed by atoms with Crippen molar-refractivity contribution in [2.24, 2.45) is 5.10 Å². The highest BCUT2D eigenvalue weighted by Crippen LogP contribution is 2.22. The van der Waals surface area contributed by atoms with Crippen LogP contribution < -0.4 is 16.1 Å². The molecule has 1 saturated heterocycles. The fourth-order valence-corrected chi connectivity index (χ4v) is 2.40. The Bertz CT molecular complexity index is 756. The molecular weight excluding hydrogens is 314 g/mol. The number of benzene rings is 1. The highest BCUT2D eigenvalue weighted by Gasteiger charge is 2.36. The predicted octanol–water partition coefficient (Wildman–Crippen LogP) is 0.114. The molecule has 3 N–H and O–H groups in total. The fraction of sp³-hybridized carbons (Fsp3) is 0.267. The number of hydrogen-bond donors (Lipinski definition) is 3. The zero-order chi connectivity index (χ0) is 17.3. The summed E-state index contributed by atoms with van der Waals surface area (Å²) in [6, 6.07) is 5.41. The van der Waals surface area contributed by atoms with Crippen LogP contribution in [0.5, 0.6) is 0 Å². The molecule has 2 aliphatic heterocycles. The summed E-state index contributed by atoms with van der Waals surface area (Å²) in [5, 5.41) is 8.97. The monoisotopic (exact) mass is 329 g/mol. The van der Waals surface area contributed by atoms with E-state index in [1.165, 1.54) is 7.05 Å². The van der Waals surface area contributed by atoms with Crippen molar-refractivity contribution in [3.8, 4) is 0 Å². The van der Waals surface area contributed by atoms with Crippen LogP contribution in [-0.2, 0) is 14.4 Å². The number of nitrogens with one attached hydrogen (secondary N) is 3. The number of urea groups is 1. The van der Waals surface area contributed by atoms with Gasteiger partial charge in [-0.25, -0.2) is 10.2 Å². The van der Waals surface area contributed by atoms with Gasteiger partial charge in [-0.15, -0.1) is 0 Å². The van der Waals surface area contributed by atoms with E-state index >= 15 is 0 Å². The SMILES string of the molecule is CN1C(=O)NC(c2ccc(NC(=O)C3=NNC(=O)CC3)cc2)C1=O. The number of amides is 5. The summed E-state index contributed by atoms with van der Waals surface area (Å²) in [5.41, 5.74) is 3.66. The molecule has 1 aromatic carbocycles. The third kappa shape index (κ3) is 2.96. The quantitative estimate of drug-likeness (QED) is 0.682. The van der Waals surface area contributed by atoms with Gasteiger partial charge in [-0.05, 0) is 17.7 Å². The van der Waals surface area contributed by atoms with Crippen molar-refractivity contribution in [2.75, 3.05) is 12.4 Å². The number of carbonyl (C=O) groups is 4. The van der Waals surface area contributed by atoms with E-state index in [0.717, 1.165) is 4.90 Å². The largest absolute Gasteiger partial charge is 0.324 e. The van der Waals surface area contributed by atoms with E-state index in [2.05, 4.69) is 21.2 Å². The van der Waals surface area contributed by atoms with Gasteiger partial charge in [-0.2, -0.15) is 5.10 Å². The molecule has 9 heteroatoms. The van der Waals surface area contributed by atoms with Crippen LogP contribution in [0.15, 0.2) is 29.4 Å². The van der Waals surface area contributed by atoms with Crippen molar-refractivity contribution >= 4 is 35.2 Å². The van der Waals surface area contributed by atoms with Crippen molar-refractivity contribution in [1.29, 1.82) is 0 Å². The molecule has 2 heterocycles. The molecule has 1 aromatic rings. The Morgan fingerprint density at radius 3 is 2.46 bits per heavy atom. The second-order valence-corrected chi connectivity index (χ2v) is 5.45. The second kappa shape index (κ2) is 6.11. The van der Waals surface area contributed by atoms with Crippen LogP contribution in [0.3, 0.4) is 0 Å². The van der Waals surface area contributed by atoms with Crippen LogP contribution in [0.4, 0.5) is 10.5 Å². The van der Waals surface area contributed by atoms with Crippen LogP contribution in [0, 0.1) is 0 Å². The molecule has 9 nitrogen and oxygen atoms in total. The summed E-state index contributed by atoms with van der Waals surface area (Å²) in [6.45, 7) is 0. The topological polar surface area (TPSA) is 120 Å². The van der Waals surface area contributed by atoms with E-state index in [4.69, 9.17) is 0 Å². The van der Waals surface area contributed by atoms with Gasteiger partial charge >= 0.3 is 6.03 Å². The lowest BCUT2D eigenvalue weighted by atomic mass is 10.1. The number of hydrogen-bond acceptors (Lipinski definition) is 5. The van der Waals surface area contributed by atoms with Crippen molar-refractivity contribution in [2.45, 2.75) is 18.9 Å². The van der Waals surface area contributed by atoms with Gasteiger partial charge in [0, 0.05) is 25.6 Å². The number of rotatable bonds is 3. The average molecular weight is 329 g/mol. The van der Waals surface area contributed by atoms with Crippen LogP contribution in [0.1, 0.15) is 24.4 Å². The van der Waals surface area contributed by atoms with Gasteiger partial charge in [0.25, 0.3) is 11.8 Å². The third-order valence-electron chi connectivity index (χ3n) is 3.82. The number of anilines is 1. The van der Waals surface area contributed by atoms with E-state index in [0.29, 0.717) is 11.3 Å². The molecule has 0 radical (unpaired) electrons. The number of hydrazone groups is 1. The summed E-state index contributed by atoms with van der Waals surface area (Å²) in [5.74, 6) is -0.944. The molecular formula is C15H15N5O4. The lowest BCUT2D eigenvalue weighted by molar-refractivity contribution is -0.126. The van der Waals surface area contributed by atoms with E-state index in [9.17, 15) is 19.2 Å². The Morgan fingerprint density at radius 2 is 1.92 bits per heavy atom.